The van der Waals surface area contributed by atoms with Gasteiger partial charge >= 0.3 is 6.09 Å². The molecule has 1 aromatic rings. The van der Waals surface area contributed by atoms with E-state index in [4.69, 9.17) is 21.1 Å². The minimum Gasteiger partial charge on any atom is -0.495 e. The Morgan fingerprint density at radius 1 is 1.32 bits per heavy atom. The number of anilines is 2. The molecule has 0 radical (unpaired) electrons. The fraction of sp³-hybridized carbons (Fsp3) is 0.333. The Morgan fingerprint density at radius 3 is 2.63 bits per heavy atom. The molecule has 19 heavy (non-hydrogen) atoms. The molecule has 0 aliphatic rings. The van der Waals surface area contributed by atoms with Crippen LogP contribution in [0.3, 0.4) is 0 Å². The number of carbonyl (C=O) groups excluding carboxylic acids is 2. The maximum Gasteiger partial charge on any atom is 0.411 e. The molecule has 6 nitrogen and oxygen atoms in total. The quantitative estimate of drug-likeness (QED) is 0.815. The summed E-state index contributed by atoms with van der Waals surface area (Å²) in [5.41, 5.74) is 0.939. The molecule has 0 heterocycles. The Bertz CT molecular complexity index is 465. The van der Waals surface area contributed by atoms with Gasteiger partial charge in [-0.05, 0) is 18.2 Å². The lowest BCUT2D eigenvalue weighted by atomic mass is 10.2. The van der Waals surface area contributed by atoms with Crippen molar-refractivity contribution in [1.29, 1.82) is 0 Å². The van der Waals surface area contributed by atoms with E-state index in [1.165, 1.54) is 14.0 Å². The lowest BCUT2D eigenvalue weighted by Crippen LogP contribution is -2.15. The fourth-order valence-electron chi connectivity index (χ4n) is 1.36. The zero-order chi connectivity index (χ0) is 14.3. The number of amides is 2. The molecule has 0 aromatic heterocycles. The molecule has 1 aromatic carbocycles. The van der Waals surface area contributed by atoms with Crippen molar-refractivity contribution in [3.05, 3.63) is 18.2 Å². The molecule has 2 N–H and O–H groups in total. The van der Waals surface area contributed by atoms with E-state index in [2.05, 4.69) is 10.6 Å². The van der Waals surface area contributed by atoms with E-state index in [0.717, 1.165) is 0 Å². The summed E-state index contributed by atoms with van der Waals surface area (Å²) in [5.74, 6) is 0.489. The Morgan fingerprint density at radius 2 is 2.05 bits per heavy atom. The number of carbonyl (C=O) groups is 2. The van der Waals surface area contributed by atoms with Gasteiger partial charge in [-0.25, -0.2) is 4.79 Å². The molecular weight excluding hydrogens is 272 g/mol. The molecule has 0 unspecified atom stereocenters. The Labute approximate surface area is 116 Å². The predicted molar refractivity (Wildman–Crippen MR) is 73.0 cm³/mol. The molecule has 0 fully saturated rings. The standard InChI is InChI=1S/C12H15ClN2O4/c1-8(16)14-10-7-9(3-4-11(10)18-2)15-12(17)19-6-5-13/h3-4,7H,5-6H2,1-2H3,(H,14,16)(H,15,17). The number of benzene rings is 1. The third kappa shape index (κ3) is 5.05. The van der Waals surface area contributed by atoms with E-state index in [0.29, 0.717) is 17.1 Å². The van der Waals surface area contributed by atoms with Crippen molar-refractivity contribution in [2.24, 2.45) is 0 Å². The minimum absolute atomic E-state index is 0.127. The zero-order valence-electron chi connectivity index (χ0n) is 10.7. The summed E-state index contributed by atoms with van der Waals surface area (Å²) in [6.45, 7) is 1.51. The van der Waals surface area contributed by atoms with E-state index in [1.807, 2.05) is 0 Å². The zero-order valence-corrected chi connectivity index (χ0v) is 11.4. The Balaban J connectivity index is 2.79. The van der Waals surface area contributed by atoms with Gasteiger partial charge in [-0.3, -0.25) is 10.1 Å². The summed E-state index contributed by atoms with van der Waals surface area (Å²) >= 11 is 5.40. The molecule has 0 bridgehead atoms. The maximum atomic E-state index is 11.3. The monoisotopic (exact) mass is 286 g/mol. The first kappa shape index (κ1) is 15.1. The molecule has 104 valence electrons. The predicted octanol–water partition coefficient (Wildman–Crippen LogP) is 2.44. The first-order valence-corrected chi connectivity index (χ1v) is 6.05. The summed E-state index contributed by atoms with van der Waals surface area (Å²) in [6.07, 6.45) is -0.611. The van der Waals surface area contributed by atoms with Crippen LogP contribution in [0.1, 0.15) is 6.92 Å². The number of nitrogens with one attached hydrogen (secondary N) is 2. The number of methoxy groups -OCH3 is 1. The second-order valence-corrected chi connectivity index (χ2v) is 3.92. The van der Waals surface area contributed by atoms with Crippen LogP contribution < -0.4 is 15.4 Å². The van der Waals surface area contributed by atoms with Crippen molar-refractivity contribution in [2.45, 2.75) is 6.92 Å². The van der Waals surface area contributed by atoms with Crippen LogP contribution in [-0.4, -0.2) is 31.6 Å². The largest absolute Gasteiger partial charge is 0.495 e. The number of alkyl halides is 1. The third-order valence-electron chi connectivity index (χ3n) is 2.07. The van der Waals surface area contributed by atoms with Gasteiger partial charge in [-0.2, -0.15) is 0 Å². The molecular formula is C12H15ClN2O4. The normalized spacial score (nSPS) is 9.63. The maximum absolute atomic E-state index is 11.3. The van der Waals surface area contributed by atoms with Crippen LogP contribution in [0, 0.1) is 0 Å². The van der Waals surface area contributed by atoms with E-state index in [9.17, 15) is 9.59 Å². The molecule has 2 amide bonds. The van der Waals surface area contributed by atoms with Gasteiger partial charge in [0.1, 0.15) is 12.4 Å². The molecule has 0 aliphatic carbocycles. The summed E-state index contributed by atoms with van der Waals surface area (Å²) in [4.78, 5) is 22.4. The van der Waals surface area contributed by atoms with Crippen LogP contribution in [0.2, 0.25) is 0 Å². The van der Waals surface area contributed by atoms with E-state index < -0.39 is 6.09 Å². The van der Waals surface area contributed by atoms with Gasteiger partial charge in [0.25, 0.3) is 0 Å². The third-order valence-corrected chi connectivity index (χ3v) is 2.22. The van der Waals surface area contributed by atoms with E-state index in [-0.39, 0.29) is 18.4 Å². The van der Waals surface area contributed by atoms with Crippen molar-refractivity contribution < 1.29 is 19.1 Å². The van der Waals surface area contributed by atoms with Crippen molar-refractivity contribution in [1.82, 2.24) is 0 Å². The highest BCUT2D eigenvalue weighted by atomic mass is 35.5. The molecule has 0 atom stereocenters. The van der Waals surface area contributed by atoms with Crippen LogP contribution in [0.5, 0.6) is 5.75 Å². The van der Waals surface area contributed by atoms with E-state index >= 15 is 0 Å². The molecule has 0 saturated heterocycles. The highest BCUT2D eigenvalue weighted by molar-refractivity contribution is 6.18. The van der Waals surface area contributed by atoms with Crippen molar-refractivity contribution in [2.75, 3.05) is 30.2 Å². The van der Waals surface area contributed by atoms with Gasteiger partial charge in [-0.15, -0.1) is 11.6 Å². The Kier molecular flexibility index (Phi) is 5.95. The first-order valence-electron chi connectivity index (χ1n) is 5.52. The lowest BCUT2D eigenvalue weighted by molar-refractivity contribution is -0.114. The van der Waals surface area contributed by atoms with Crippen molar-refractivity contribution in [3.8, 4) is 5.75 Å². The first-order chi connectivity index (χ1) is 9.06. The van der Waals surface area contributed by atoms with Gasteiger partial charge in [0.15, 0.2) is 0 Å². The van der Waals surface area contributed by atoms with Crippen LogP contribution in [0.15, 0.2) is 18.2 Å². The second kappa shape index (κ2) is 7.48. The topological polar surface area (TPSA) is 76.7 Å². The molecule has 0 saturated carbocycles. The van der Waals surface area contributed by atoms with Gasteiger partial charge in [0.2, 0.25) is 5.91 Å². The van der Waals surface area contributed by atoms with Crippen molar-refractivity contribution in [3.63, 3.8) is 0 Å². The number of rotatable bonds is 5. The number of ether oxygens (including phenoxy) is 2. The second-order valence-electron chi connectivity index (χ2n) is 3.55. The molecule has 7 heteroatoms. The highest BCUT2D eigenvalue weighted by Crippen LogP contribution is 2.27. The molecule has 0 spiro atoms. The van der Waals surface area contributed by atoms with Crippen molar-refractivity contribution >= 4 is 35.0 Å². The summed E-state index contributed by atoms with van der Waals surface area (Å²) in [7, 11) is 1.49. The molecule has 0 aliphatic heterocycles. The smallest absolute Gasteiger partial charge is 0.411 e. The van der Waals surface area contributed by atoms with Crippen LogP contribution in [-0.2, 0) is 9.53 Å². The fourth-order valence-corrected chi connectivity index (χ4v) is 1.44. The van der Waals surface area contributed by atoms with Gasteiger partial charge in [0, 0.05) is 12.6 Å². The van der Waals surface area contributed by atoms with Crippen LogP contribution in [0.25, 0.3) is 0 Å². The Hall–Kier alpha value is -1.95. The summed E-state index contributed by atoms with van der Waals surface area (Å²) < 4.78 is 9.87. The van der Waals surface area contributed by atoms with Gasteiger partial charge in [0.05, 0.1) is 18.7 Å². The van der Waals surface area contributed by atoms with Gasteiger partial charge in [-0.1, -0.05) is 0 Å². The average molecular weight is 287 g/mol. The summed E-state index contributed by atoms with van der Waals surface area (Å²) in [6, 6.07) is 4.83. The van der Waals surface area contributed by atoms with Gasteiger partial charge < -0.3 is 14.8 Å². The lowest BCUT2D eigenvalue weighted by Gasteiger charge is -2.11. The highest BCUT2D eigenvalue weighted by Gasteiger charge is 2.08. The number of hydrogen-bond donors (Lipinski definition) is 2. The number of halogens is 1. The minimum atomic E-state index is -0.611. The van der Waals surface area contributed by atoms with E-state index in [1.54, 1.807) is 18.2 Å². The van der Waals surface area contributed by atoms with Crippen LogP contribution in [0.4, 0.5) is 16.2 Å². The average Bonchev–Trinajstić information content (AvgIpc) is 2.36. The summed E-state index contributed by atoms with van der Waals surface area (Å²) in [5, 5.41) is 5.12. The van der Waals surface area contributed by atoms with Crippen LogP contribution >= 0.6 is 11.6 Å². The SMILES string of the molecule is COc1ccc(NC(=O)OCCCl)cc1NC(C)=O. The number of hydrogen-bond acceptors (Lipinski definition) is 4. The molecule has 1 rings (SSSR count).